The largest absolute Gasteiger partial charge is 0.346 e. The van der Waals surface area contributed by atoms with Gasteiger partial charge in [-0.3, -0.25) is 0 Å². The van der Waals surface area contributed by atoms with Crippen LogP contribution in [0.5, 0.6) is 0 Å². The third kappa shape index (κ3) is 30.7. The van der Waals surface area contributed by atoms with Gasteiger partial charge in [-0.25, -0.2) is 0 Å². The zero-order chi connectivity index (χ0) is 6.12. The molecule has 1 nitrogen and oxygen atoms in total. The van der Waals surface area contributed by atoms with Crippen LogP contribution in [0.25, 0.3) is 0 Å². The zero-order valence-corrected chi connectivity index (χ0v) is 8.19. The molecule has 0 aromatic carbocycles. The molecule has 0 saturated carbocycles. The topological polar surface area (TPSA) is 23.8 Å². The van der Waals surface area contributed by atoms with Crippen LogP contribution in [-0.2, 0) is 32.7 Å². The third-order valence-electron chi connectivity index (χ3n) is 0.289. The van der Waals surface area contributed by atoms with Crippen molar-refractivity contribution in [3.63, 3.8) is 0 Å². The van der Waals surface area contributed by atoms with Crippen molar-refractivity contribution >= 4 is 0 Å². The Morgan fingerprint density at radius 3 is 1.88 bits per heavy atom. The second kappa shape index (κ2) is 25.6. The molecule has 0 aliphatic carbocycles. The molecular weight excluding hydrogens is 175 g/mol. The van der Waals surface area contributed by atoms with E-state index < -0.39 is 0 Å². The van der Waals surface area contributed by atoms with Gasteiger partial charge in [0.2, 0.25) is 0 Å². The predicted octanol–water partition coefficient (Wildman–Crippen LogP) is 1.96. The average Bonchev–Trinajstić information content (AvgIpc) is 1.75. The molecular formula is C6H11NY-2. The summed E-state index contributed by atoms with van der Waals surface area (Å²) in [6.07, 6.45) is 1.32. The van der Waals surface area contributed by atoms with Gasteiger partial charge >= 0.3 is 0 Å². The molecule has 0 amide bonds. The summed E-state index contributed by atoms with van der Waals surface area (Å²) in [6.45, 7) is 8.45. The van der Waals surface area contributed by atoms with Gasteiger partial charge < -0.3 is 13.8 Å². The van der Waals surface area contributed by atoms with E-state index >= 15 is 0 Å². The minimum atomic E-state index is 0. The molecule has 0 rings (SSSR count). The van der Waals surface area contributed by atoms with Crippen LogP contribution in [0.4, 0.5) is 0 Å². The van der Waals surface area contributed by atoms with E-state index in [1.807, 2.05) is 6.07 Å². The quantitative estimate of drug-likeness (QED) is 0.574. The summed E-state index contributed by atoms with van der Waals surface area (Å²) in [5.74, 6) is 0. The van der Waals surface area contributed by atoms with E-state index in [2.05, 4.69) is 13.8 Å². The van der Waals surface area contributed by atoms with Gasteiger partial charge in [0, 0.05) is 39.1 Å². The summed E-state index contributed by atoms with van der Waals surface area (Å²) in [5.41, 5.74) is 0. The monoisotopic (exact) mass is 186 g/mol. The first-order valence-corrected chi connectivity index (χ1v) is 2.28. The fraction of sp³-hybridized carbons (Fsp3) is 0.500. The molecule has 0 aromatic rings. The Bertz CT molecular complexity index is 47.0. The SMILES string of the molecule is [CH2-]C.[CH2-]CCC#N.[Y]. The molecule has 0 heterocycles. The van der Waals surface area contributed by atoms with Gasteiger partial charge in [0.25, 0.3) is 0 Å². The van der Waals surface area contributed by atoms with Gasteiger partial charge in [0.1, 0.15) is 0 Å². The van der Waals surface area contributed by atoms with Crippen molar-refractivity contribution < 1.29 is 32.7 Å². The first-order chi connectivity index (χ1) is 3.41. The van der Waals surface area contributed by atoms with Crippen molar-refractivity contribution in [2.75, 3.05) is 0 Å². The van der Waals surface area contributed by atoms with Crippen LogP contribution in [0, 0.1) is 25.2 Å². The van der Waals surface area contributed by atoms with E-state index in [4.69, 9.17) is 5.26 Å². The smallest absolute Gasteiger partial charge is 0.0594 e. The maximum atomic E-state index is 7.78. The van der Waals surface area contributed by atoms with E-state index in [0.717, 1.165) is 6.42 Å². The van der Waals surface area contributed by atoms with Gasteiger partial charge in [0.05, 0.1) is 6.07 Å². The van der Waals surface area contributed by atoms with Crippen LogP contribution in [0.2, 0.25) is 0 Å². The maximum absolute atomic E-state index is 7.78. The number of nitriles is 1. The number of nitrogens with zero attached hydrogens (tertiary/aromatic N) is 1. The molecule has 1 radical (unpaired) electrons. The molecule has 45 valence electrons. The summed E-state index contributed by atoms with van der Waals surface area (Å²) < 4.78 is 0. The predicted molar refractivity (Wildman–Crippen MR) is 31.2 cm³/mol. The third-order valence-corrected chi connectivity index (χ3v) is 0.289. The van der Waals surface area contributed by atoms with E-state index in [-0.39, 0.29) is 32.7 Å². The Kier molecular flexibility index (Phi) is 50.6. The molecule has 0 fully saturated rings. The fourth-order valence-electron chi connectivity index (χ4n) is 0.0791. The van der Waals surface area contributed by atoms with E-state index in [0.29, 0.717) is 6.42 Å². The van der Waals surface area contributed by atoms with Crippen molar-refractivity contribution in [1.82, 2.24) is 0 Å². The van der Waals surface area contributed by atoms with Crippen LogP contribution in [0.1, 0.15) is 19.8 Å². The Labute approximate surface area is 77.3 Å². The maximum Gasteiger partial charge on any atom is 0.0594 e. The Morgan fingerprint density at radius 1 is 1.50 bits per heavy atom. The van der Waals surface area contributed by atoms with Crippen LogP contribution < -0.4 is 0 Å². The first-order valence-electron chi connectivity index (χ1n) is 2.28. The summed E-state index contributed by atoms with van der Waals surface area (Å²) in [4.78, 5) is 0. The van der Waals surface area contributed by atoms with Gasteiger partial charge in [-0.2, -0.15) is 18.6 Å². The Hall–Kier alpha value is 0.594. The first kappa shape index (κ1) is 15.8. The normalized spacial score (nSPS) is 4.75. The average molecular weight is 186 g/mol. The number of hydrogen-bond donors (Lipinski definition) is 0. The minimum absolute atomic E-state index is 0. The van der Waals surface area contributed by atoms with Gasteiger partial charge in [-0.1, -0.05) is 0 Å². The van der Waals surface area contributed by atoms with E-state index in [1.165, 1.54) is 0 Å². The summed E-state index contributed by atoms with van der Waals surface area (Å²) >= 11 is 0. The molecule has 0 aliphatic rings. The van der Waals surface area contributed by atoms with E-state index in [1.54, 1.807) is 6.92 Å². The standard InChI is InChI=1S/C4H6N.C2H5.Y/c1-2-3-4-5;1-2;/h1-3H2;1H2,2H3;/q2*-1;. The molecule has 0 unspecified atom stereocenters. The molecule has 0 aromatic heterocycles. The fourth-order valence-corrected chi connectivity index (χ4v) is 0.0791. The van der Waals surface area contributed by atoms with Crippen LogP contribution >= 0.6 is 0 Å². The summed E-state index contributed by atoms with van der Waals surface area (Å²) in [6, 6.07) is 1.95. The van der Waals surface area contributed by atoms with Crippen LogP contribution in [0.15, 0.2) is 0 Å². The minimum Gasteiger partial charge on any atom is -0.346 e. The zero-order valence-electron chi connectivity index (χ0n) is 5.35. The number of hydrogen-bond acceptors (Lipinski definition) is 1. The Morgan fingerprint density at radius 2 is 1.88 bits per heavy atom. The molecule has 0 saturated heterocycles. The van der Waals surface area contributed by atoms with Crippen LogP contribution in [-0.4, -0.2) is 0 Å². The second-order valence-electron chi connectivity index (χ2n) is 0.762. The second-order valence-corrected chi connectivity index (χ2v) is 0.762. The molecule has 0 spiro atoms. The summed E-state index contributed by atoms with van der Waals surface area (Å²) in [5, 5.41) is 7.78. The summed E-state index contributed by atoms with van der Waals surface area (Å²) in [7, 11) is 0. The van der Waals surface area contributed by atoms with Crippen molar-refractivity contribution in [1.29, 1.82) is 5.26 Å². The van der Waals surface area contributed by atoms with Gasteiger partial charge in [-0.15, -0.1) is 0 Å². The van der Waals surface area contributed by atoms with E-state index in [9.17, 15) is 0 Å². The molecule has 0 aliphatic heterocycles. The molecule has 8 heavy (non-hydrogen) atoms. The van der Waals surface area contributed by atoms with Gasteiger partial charge in [-0.05, 0) is 0 Å². The molecule has 0 atom stereocenters. The molecule has 0 bridgehead atoms. The van der Waals surface area contributed by atoms with Crippen molar-refractivity contribution in [2.45, 2.75) is 19.8 Å². The van der Waals surface area contributed by atoms with Crippen molar-refractivity contribution in [2.24, 2.45) is 0 Å². The van der Waals surface area contributed by atoms with Crippen LogP contribution in [0.3, 0.4) is 0 Å². The van der Waals surface area contributed by atoms with Crippen molar-refractivity contribution in [3.05, 3.63) is 13.8 Å². The number of rotatable bonds is 1. The van der Waals surface area contributed by atoms with Gasteiger partial charge in [0.15, 0.2) is 0 Å². The Balaban J connectivity index is -0.0000000750. The molecule has 0 N–H and O–H groups in total. The van der Waals surface area contributed by atoms with Crippen molar-refractivity contribution in [3.8, 4) is 6.07 Å². The molecule has 2 heteroatoms. The number of unbranched alkanes of at least 4 members (excludes halogenated alkanes) is 1.